The third-order valence-corrected chi connectivity index (χ3v) is 5.90. The lowest BCUT2D eigenvalue weighted by atomic mass is 10.1. The van der Waals surface area contributed by atoms with E-state index in [1.807, 2.05) is 6.92 Å². The average molecular weight is 385 g/mol. The zero-order chi connectivity index (χ0) is 19.2. The fraction of sp³-hybridized carbons (Fsp3) is 0.250. The molecule has 5 nitrogen and oxygen atoms in total. The van der Waals surface area contributed by atoms with Gasteiger partial charge in [-0.05, 0) is 60.0 Å². The van der Waals surface area contributed by atoms with E-state index in [9.17, 15) is 12.8 Å². The van der Waals surface area contributed by atoms with Gasteiger partial charge in [0, 0.05) is 37.2 Å². The van der Waals surface area contributed by atoms with E-state index in [0.29, 0.717) is 6.54 Å². The van der Waals surface area contributed by atoms with Crippen molar-refractivity contribution in [1.29, 1.82) is 0 Å². The highest BCUT2D eigenvalue weighted by Gasteiger charge is 2.22. The molecule has 140 valence electrons. The monoisotopic (exact) mass is 385 g/mol. The molecule has 27 heavy (non-hydrogen) atoms. The Hall–Kier alpha value is -2.67. The fourth-order valence-electron chi connectivity index (χ4n) is 3.48. The first-order valence-corrected chi connectivity index (χ1v) is 10.6. The molecule has 3 heterocycles. The first kappa shape index (κ1) is 17.7. The van der Waals surface area contributed by atoms with E-state index in [2.05, 4.69) is 20.9 Å². The van der Waals surface area contributed by atoms with Crippen molar-refractivity contribution in [2.75, 3.05) is 17.7 Å². The number of rotatable bonds is 3. The lowest BCUT2D eigenvalue weighted by Gasteiger charge is -2.30. The molecule has 1 aromatic carbocycles. The van der Waals surface area contributed by atoms with Gasteiger partial charge in [-0.25, -0.2) is 17.8 Å². The molecule has 0 amide bonds. The summed E-state index contributed by atoms with van der Waals surface area (Å²) in [6.07, 6.45) is 3.66. The molecule has 2 aromatic heterocycles. The van der Waals surface area contributed by atoms with Crippen LogP contribution in [0.5, 0.6) is 0 Å². The standard InChI is InChI=1S/C20H20FN3O2S/c1-13-9-20(27(2,25)26)22-11-19(13)24-8-7-17-15(12-24)10-18(23-17)14-3-5-16(21)6-4-14/h3-6,9-11,23H,7-8,12H2,1-2H3. The lowest BCUT2D eigenvalue weighted by Crippen LogP contribution is -2.30. The maximum Gasteiger partial charge on any atom is 0.192 e. The third kappa shape index (κ3) is 3.47. The van der Waals surface area contributed by atoms with Gasteiger partial charge in [-0.1, -0.05) is 0 Å². The zero-order valence-corrected chi connectivity index (χ0v) is 16.0. The molecule has 0 unspecified atom stereocenters. The minimum atomic E-state index is -3.31. The number of sulfone groups is 1. The van der Waals surface area contributed by atoms with Crippen LogP contribution in [0.2, 0.25) is 0 Å². The van der Waals surface area contributed by atoms with Crippen LogP contribution in [0, 0.1) is 12.7 Å². The van der Waals surface area contributed by atoms with Gasteiger partial charge >= 0.3 is 0 Å². The van der Waals surface area contributed by atoms with Crippen molar-refractivity contribution in [1.82, 2.24) is 9.97 Å². The Labute approximate surface area is 157 Å². The number of nitrogens with zero attached hydrogens (tertiary/aromatic N) is 2. The fourth-order valence-corrected chi connectivity index (χ4v) is 4.12. The molecule has 0 spiro atoms. The normalized spacial score (nSPS) is 14.3. The maximum atomic E-state index is 13.1. The molecule has 0 atom stereocenters. The van der Waals surface area contributed by atoms with Crippen molar-refractivity contribution in [3.8, 4) is 11.3 Å². The van der Waals surface area contributed by atoms with Gasteiger partial charge in [-0.3, -0.25) is 0 Å². The smallest absolute Gasteiger partial charge is 0.192 e. The van der Waals surface area contributed by atoms with Crippen LogP contribution in [0.4, 0.5) is 10.1 Å². The second-order valence-corrected chi connectivity index (χ2v) is 8.91. The van der Waals surface area contributed by atoms with Crippen LogP contribution in [0.1, 0.15) is 16.8 Å². The number of H-pyrrole nitrogens is 1. The summed E-state index contributed by atoms with van der Waals surface area (Å²) >= 11 is 0. The maximum absolute atomic E-state index is 13.1. The molecule has 0 bridgehead atoms. The van der Waals surface area contributed by atoms with E-state index in [0.717, 1.165) is 35.5 Å². The Morgan fingerprint density at radius 1 is 1.19 bits per heavy atom. The van der Waals surface area contributed by atoms with Crippen LogP contribution in [0.25, 0.3) is 11.3 Å². The van der Waals surface area contributed by atoms with E-state index in [1.54, 1.807) is 24.4 Å². The number of pyridine rings is 1. The number of hydrogen-bond donors (Lipinski definition) is 1. The first-order valence-electron chi connectivity index (χ1n) is 8.69. The summed E-state index contributed by atoms with van der Waals surface area (Å²) < 4.78 is 36.5. The molecule has 1 aliphatic heterocycles. The number of nitrogens with one attached hydrogen (secondary N) is 1. The number of hydrogen-bond acceptors (Lipinski definition) is 4. The van der Waals surface area contributed by atoms with Gasteiger partial charge in [-0.15, -0.1) is 0 Å². The van der Waals surface area contributed by atoms with Crippen molar-refractivity contribution in [2.45, 2.75) is 24.9 Å². The molecule has 1 N–H and O–H groups in total. The van der Waals surface area contributed by atoms with Crippen LogP contribution < -0.4 is 4.90 Å². The largest absolute Gasteiger partial charge is 0.365 e. The summed E-state index contributed by atoms with van der Waals surface area (Å²) in [6.45, 7) is 3.44. The van der Waals surface area contributed by atoms with Crippen LogP contribution in [0.15, 0.2) is 47.6 Å². The van der Waals surface area contributed by atoms with Gasteiger partial charge in [0.15, 0.2) is 14.9 Å². The highest BCUT2D eigenvalue weighted by Crippen LogP contribution is 2.30. The van der Waals surface area contributed by atoms with Gasteiger partial charge in [0.2, 0.25) is 0 Å². The summed E-state index contributed by atoms with van der Waals surface area (Å²) in [7, 11) is -3.31. The molecular weight excluding hydrogens is 365 g/mol. The van der Waals surface area contributed by atoms with Crippen molar-refractivity contribution < 1.29 is 12.8 Å². The van der Waals surface area contributed by atoms with Crippen LogP contribution in [-0.4, -0.2) is 31.2 Å². The molecule has 0 aliphatic carbocycles. The van der Waals surface area contributed by atoms with Crippen molar-refractivity contribution in [3.63, 3.8) is 0 Å². The molecular formula is C20H20FN3O2S. The van der Waals surface area contributed by atoms with E-state index < -0.39 is 9.84 Å². The zero-order valence-electron chi connectivity index (χ0n) is 15.2. The van der Waals surface area contributed by atoms with Crippen molar-refractivity contribution in [3.05, 3.63) is 65.2 Å². The molecule has 0 radical (unpaired) electrons. The second kappa shape index (κ2) is 6.49. The average Bonchev–Trinajstić information content (AvgIpc) is 3.04. The third-order valence-electron chi connectivity index (χ3n) is 4.92. The van der Waals surface area contributed by atoms with Crippen LogP contribution in [-0.2, 0) is 22.8 Å². The molecule has 3 aromatic rings. The minimum Gasteiger partial charge on any atom is -0.365 e. The predicted molar refractivity (Wildman–Crippen MR) is 103 cm³/mol. The summed E-state index contributed by atoms with van der Waals surface area (Å²) in [4.78, 5) is 9.78. The summed E-state index contributed by atoms with van der Waals surface area (Å²) in [6, 6.07) is 10.2. The Kier molecular flexibility index (Phi) is 4.26. The molecule has 0 saturated carbocycles. The van der Waals surface area contributed by atoms with Gasteiger partial charge in [0.1, 0.15) is 5.82 Å². The quantitative estimate of drug-likeness (QED) is 0.750. The number of fused-ring (bicyclic) bond motifs is 1. The number of benzene rings is 1. The number of anilines is 1. The topological polar surface area (TPSA) is 66.1 Å². The summed E-state index contributed by atoms with van der Waals surface area (Å²) in [5, 5.41) is 0.0988. The van der Waals surface area contributed by atoms with Crippen LogP contribution >= 0.6 is 0 Å². The SMILES string of the molecule is Cc1cc(S(C)(=O)=O)ncc1N1CCc2[nH]c(-c3ccc(F)cc3)cc2C1. The molecule has 0 fully saturated rings. The van der Waals surface area contributed by atoms with Crippen molar-refractivity contribution >= 4 is 15.5 Å². The van der Waals surface area contributed by atoms with E-state index >= 15 is 0 Å². The van der Waals surface area contributed by atoms with Gasteiger partial charge in [0.05, 0.1) is 11.9 Å². The lowest BCUT2D eigenvalue weighted by molar-refractivity contribution is 0.598. The van der Waals surface area contributed by atoms with Crippen molar-refractivity contribution in [2.24, 2.45) is 0 Å². The van der Waals surface area contributed by atoms with E-state index in [4.69, 9.17) is 0 Å². The highest BCUT2D eigenvalue weighted by atomic mass is 32.2. The summed E-state index contributed by atoms with van der Waals surface area (Å²) in [5.41, 5.74) is 6.13. The number of aromatic amines is 1. The van der Waals surface area contributed by atoms with Crippen LogP contribution in [0.3, 0.4) is 0 Å². The predicted octanol–water partition coefficient (Wildman–Crippen LogP) is 3.49. The van der Waals surface area contributed by atoms with E-state index in [1.165, 1.54) is 29.6 Å². The molecule has 4 rings (SSSR count). The minimum absolute atomic E-state index is 0.0988. The Bertz CT molecular complexity index is 1100. The molecule has 0 saturated heterocycles. The van der Waals surface area contributed by atoms with Gasteiger partial charge in [-0.2, -0.15) is 0 Å². The second-order valence-electron chi connectivity index (χ2n) is 6.95. The first-order chi connectivity index (χ1) is 12.8. The number of aryl methyl sites for hydroxylation is 1. The number of aromatic nitrogens is 2. The van der Waals surface area contributed by atoms with Gasteiger partial charge in [0.25, 0.3) is 0 Å². The summed E-state index contributed by atoms with van der Waals surface area (Å²) in [5.74, 6) is -0.248. The van der Waals surface area contributed by atoms with Gasteiger partial charge < -0.3 is 9.88 Å². The molecule has 7 heteroatoms. The Balaban J connectivity index is 1.61. The molecule has 1 aliphatic rings. The Morgan fingerprint density at radius 3 is 2.59 bits per heavy atom. The van der Waals surface area contributed by atoms with E-state index in [-0.39, 0.29) is 10.8 Å². The number of halogens is 1. The Morgan fingerprint density at radius 2 is 1.93 bits per heavy atom. The highest BCUT2D eigenvalue weighted by molar-refractivity contribution is 7.90.